The van der Waals surface area contributed by atoms with Gasteiger partial charge in [0.25, 0.3) is 0 Å². The highest BCUT2D eigenvalue weighted by Gasteiger charge is 2.41. The van der Waals surface area contributed by atoms with Crippen LogP contribution >= 0.6 is 0 Å². The average molecular weight is 329 g/mol. The molecule has 0 amide bonds. The first-order valence-electron chi connectivity index (χ1n) is 8.42. The van der Waals surface area contributed by atoms with E-state index in [0.29, 0.717) is 5.82 Å². The lowest BCUT2D eigenvalue weighted by Gasteiger charge is -2.29. The van der Waals surface area contributed by atoms with Crippen molar-refractivity contribution in [3.8, 4) is 5.69 Å². The molecule has 1 heterocycles. The van der Waals surface area contributed by atoms with E-state index in [0.717, 1.165) is 43.4 Å². The molecule has 7 nitrogen and oxygen atoms in total. The molecule has 1 fully saturated rings. The van der Waals surface area contributed by atoms with Gasteiger partial charge in [-0.15, -0.1) is 5.10 Å². The number of nitrogens with zero attached hydrogens (tertiary/aromatic N) is 4. The molecule has 0 bridgehead atoms. The third-order valence-corrected chi connectivity index (χ3v) is 4.85. The minimum atomic E-state index is -0.870. The zero-order valence-corrected chi connectivity index (χ0v) is 14.1. The van der Waals surface area contributed by atoms with Crippen LogP contribution < -0.4 is 5.32 Å². The van der Waals surface area contributed by atoms with Crippen molar-refractivity contribution in [1.29, 1.82) is 0 Å². The number of rotatable bonds is 6. The van der Waals surface area contributed by atoms with Gasteiger partial charge in [-0.05, 0) is 47.7 Å². The summed E-state index contributed by atoms with van der Waals surface area (Å²) in [6.45, 7) is 4.06. The van der Waals surface area contributed by atoms with Gasteiger partial charge in [-0.2, -0.15) is 4.68 Å². The Balaban J connectivity index is 2.08. The lowest BCUT2D eigenvalue weighted by atomic mass is 9.95. The fourth-order valence-electron chi connectivity index (χ4n) is 3.65. The van der Waals surface area contributed by atoms with E-state index in [1.165, 1.54) is 5.56 Å². The number of nitrogens with one attached hydrogen (secondary N) is 1. The van der Waals surface area contributed by atoms with Crippen molar-refractivity contribution in [2.45, 2.75) is 51.5 Å². The van der Waals surface area contributed by atoms with Gasteiger partial charge >= 0.3 is 5.97 Å². The summed E-state index contributed by atoms with van der Waals surface area (Å²) >= 11 is 0. The summed E-state index contributed by atoms with van der Waals surface area (Å²) in [4.78, 5) is 11.1. The monoisotopic (exact) mass is 329 g/mol. The van der Waals surface area contributed by atoms with Crippen molar-refractivity contribution >= 4 is 5.97 Å². The molecule has 1 aromatic carbocycles. The van der Waals surface area contributed by atoms with Gasteiger partial charge in [0.2, 0.25) is 0 Å². The number of aryl methyl sites for hydroxylation is 2. The van der Waals surface area contributed by atoms with Crippen molar-refractivity contribution in [3.05, 3.63) is 35.2 Å². The summed E-state index contributed by atoms with van der Waals surface area (Å²) in [6, 6.07) is 6.17. The molecule has 0 radical (unpaired) electrons. The molecule has 0 aliphatic heterocycles. The summed E-state index contributed by atoms with van der Waals surface area (Å²) < 4.78 is 1.80. The number of hydrogen-bond acceptors (Lipinski definition) is 5. The molecule has 0 spiro atoms. The molecule has 2 aromatic rings. The summed E-state index contributed by atoms with van der Waals surface area (Å²) in [7, 11) is 0. The van der Waals surface area contributed by atoms with E-state index in [2.05, 4.69) is 33.8 Å². The Morgan fingerprint density at radius 2 is 2.12 bits per heavy atom. The van der Waals surface area contributed by atoms with Gasteiger partial charge in [-0.3, -0.25) is 10.1 Å². The first kappa shape index (κ1) is 16.6. The van der Waals surface area contributed by atoms with E-state index < -0.39 is 11.5 Å². The Hall–Kier alpha value is -2.28. The van der Waals surface area contributed by atoms with Gasteiger partial charge in [-0.25, -0.2) is 0 Å². The normalized spacial score (nSPS) is 16.4. The Labute approximate surface area is 141 Å². The van der Waals surface area contributed by atoms with E-state index in [-0.39, 0.29) is 6.54 Å². The quantitative estimate of drug-likeness (QED) is 0.842. The summed E-state index contributed by atoms with van der Waals surface area (Å²) in [5.74, 6) is -0.157. The predicted octanol–water partition coefficient (Wildman–Crippen LogP) is 1.98. The van der Waals surface area contributed by atoms with Crippen LogP contribution in [-0.4, -0.2) is 37.8 Å². The molecule has 0 saturated heterocycles. The maximum atomic E-state index is 11.1. The Bertz CT molecular complexity index is 734. The lowest BCUT2D eigenvalue weighted by Crippen LogP contribution is -2.44. The molecule has 0 atom stereocenters. The van der Waals surface area contributed by atoms with E-state index in [1.807, 2.05) is 19.1 Å². The van der Waals surface area contributed by atoms with Crippen molar-refractivity contribution in [3.63, 3.8) is 0 Å². The van der Waals surface area contributed by atoms with Crippen LogP contribution in [0.5, 0.6) is 0 Å². The van der Waals surface area contributed by atoms with Crippen molar-refractivity contribution in [2.75, 3.05) is 6.54 Å². The van der Waals surface area contributed by atoms with E-state index in [9.17, 15) is 4.79 Å². The average Bonchev–Trinajstić information content (AvgIpc) is 3.22. The number of hydrogen-bond donors (Lipinski definition) is 2. The van der Waals surface area contributed by atoms with Crippen LogP contribution in [0.15, 0.2) is 18.2 Å². The molecule has 1 aliphatic carbocycles. The summed E-state index contributed by atoms with van der Waals surface area (Å²) in [5.41, 5.74) is 2.81. The minimum absolute atomic E-state index is 0.0960. The van der Waals surface area contributed by atoms with Gasteiger partial charge < -0.3 is 5.11 Å². The highest BCUT2D eigenvalue weighted by atomic mass is 16.4. The zero-order valence-electron chi connectivity index (χ0n) is 14.1. The van der Waals surface area contributed by atoms with Crippen LogP contribution in [0.1, 0.15) is 49.6 Å². The number of carboxylic acid groups (broad SMARTS) is 1. The van der Waals surface area contributed by atoms with Gasteiger partial charge in [0.05, 0.1) is 17.8 Å². The number of carboxylic acids is 1. The molecule has 1 aliphatic rings. The van der Waals surface area contributed by atoms with Crippen LogP contribution in [0.2, 0.25) is 0 Å². The van der Waals surface area contributed by atoms with Crippen molar-refractivity contribution < 1.29 is 9.90 Å². The number of aromatic nitrogens is 4. The molecule has 2 N–H and O–H groups in total. The number of aliphatic carboxylic acids is 1. The minimum Gasteiger partial charge on any atom is -0.480 e. The topological polar surface area (TPSA) is 92.9 Å². The van der Waals surface area contributed by atoms with E-state index >= 15 is 0 Å². The standard InChI is InChI=1S/C17H23N5O2/c1-3-13-8-6-7-12(2)15(13)22-16(19-20-21-22)17(9-4-5-10-17)18-11-14(23)24/h6-8,18H,3-5,9-11H2,1-2H3,(H,23,24). The number of carbonyl (C=O) groups is 1. The third kappa shape index (κ3) is 2.91. The Kier molecular flexibility index (Phi) is 4.62. The molecule has 128 valence electrons. The lowest BCUT2D eigenvalue weighted by molar-refractivity contribution is -0.136. The van der Waals surface area contributed by atoms with Crippen LogP contribution in [0.25, 0.3) is 5.69 Å². The van der Waals surface area contributed by atoms with Crippen molar-refractivity contribution in [1.82, 2.24) is 25.5 Å². The Morgan fingerprint density at radius 1 is 1.38 bits per heavy atom. The van der Waals surface area contributed by atoms with Crippen LogP contribution in [0.4, 0.5) is 0 Å². The van der Waals surface area contributed by atoms with Gasteiger partial charge in [0.15, 0.2) is 5.82 Å². The third-order valence-electron chi connectivity index (χ3n) is 4.85. The maximum absolute atomic E-state index is 11.1. The number of para-hydroxylation sites is 1. The maximum Gasteiger partial charge on any atom is 0.317 e. The summed E-state index contributed by atoms with van der Waals surface area (Å²) in [6.07, 6.45) is 4.63. The van der Waals surface area contributed by atoms with Gasteiger partial charge in [0.1, 0.15) is 0 Å². The first-order chi connectivity index (χ1) is 11.6. The SMILES string of the molecule is CCc1cccc(C)c1-n1nnnc1C1(NCC(=O)O)CCCC1. The fraction of sp³-hybridized carbons (Fsp3) is 0.529. The second kappa shape index (κ2) is 6.68. The molecule has 7 heteroatoms. The van der Waals surface area contributed by atoms with Crippen molar-refractivity contribution in [2.24, 2.45) is 0 Å². The number of tetrazole rings is 1. The van der Waals surface area contributed by atoms with Crippen LogP contribution in [-0.2, 0) is 16.8 Å². The van der Waals surface area contributed by atoms with E-state index in [4.69, 9.17) is 5.11 Å². The second-order valence-electron chi connectivity index (χ2n) is 6.39. The Morgan fingerprint density at radius 3 is 2.79 bits per heavy atom. The summed E-state index contributed by atoms with van der Waals surface area (Å²) in [5, 5.41) is 24.7. The van der Waals surface area contributed by atoms with Crippen LogP contribution in [0.3, 0.4) is 0 Å². The molecular formula is C17H23N5O2. The fourth-order valence-corrected chi connectivity index (χ4v) is 3.65. The van der Waals surface area contributed by atoms with Crippen LogP contribution in [0, 0.1) is 6.92 Å². The largest absolute Gasteiger partial charge is 0.480 e. The number of benzene rings is 1. The molecule has 3 rings (SSSR count). The predicted molar refractivity (Wildman–Crippen MR) is 89.1 cm³/mol. The first-order valence-corrected chi connectivity index (χ1v) is 8.42. The molecule has 24 heavy (non-hydrogen) atoms. The smallest absolute Gasteiger partial charge is 0.317 e. The second-order valence-corrected chi connectivity index (χ2v) is 6.39. The highest BCUT2D eigenvalue weighted by molar-refractivity contribution is 5.69. The zero-order chi connectivity index (χ0) is 17.2. The van der Waals surface area contributed by atoms with Gasteiger partial charge in [0, 0.05) is 0 Å². The molecular weight excluding hydrogens is 306 g/mol. The van der Waals surface area contributed by atoms with Gasteiger partial charge in [-0.1, -0.05) is 38.0 Å². The molecule has 0 unspecified atom stereocenters. The molecule has 1 aromatic heterocycles. The van der Waals surface area contributed by atoms with E-state index in [1.54, 1.807) is 4.68 Å². The molecule has 1 saturated carbocycles. The highest BCUT2D eigenvalue weighted by Crippen LogP contribution is 2.38.